The fourth-order valence-electron chi connectivity index (χ4n) is 6.51. The van der Waals surface area contributed by atoms with Crippen molar-refractivity contribution in [1.82, 2.24) is 0 Å². The highest BCUT2D eigenvalue weighted by atomic mass is 16.6. The van der Waals surface area contributed by atoms with Crippen LogP contribution in [0, 0.1) is 13.8 Å². The summed E-state index contributed by atoms with van der Waals surface area (Å²) in [5.74, 6) is 1.44. The second kappa shape index (κ2) is 18.1. The molecule has 8 heteroatoms. The smallest absolute Gasteiger partial charge is 0.306 e. The Morgan fingerprint density at radius 3 is 1.20 bits per heavy atom. The standard InChI is InChI=1S/C47H60O8/c1-31-27-33(29-39(43(31)50)45(3,4)5)11-21-41(48)54-25-23-52-37-17-13-35(14-18-37)47(9,10)36-15-19-38(20-16-36)53-24-26-55-42(49)22-12-34-28-32(2)44(51)40(30-34)46(6,7)8/h13-20,27-30,50-51H,11-12,21-26H2,1-10H3. The van der Waals surface area contributed by atoms with E-state index in [0.29, 0.717) is 35.8 Å². The predicted molar refractivity (Wildman–Crippen MR) is 218 cm³/mol. The van der Waals surface area contributed by atoms with Crippen molar-refractivity contribution in [3.63, 3.8) is 0 Å². The summed E-state index contributed by atoms with van der Waals surface area (Å²) >= 11 is 0. The van der Waals surface area contributed by atoms with Crippen molar-refractivity contribution in [2.24, 2.45) is 0 Å². The SMILES string of the molecule is Cc1cc(CCC(=O)OCCOc2ccc(C(C)(C)c3ccc(OCCOC(=O)CCc4cc(C)c(O)c(C(C)(C)C)c4)cc3)cc2)cc(C(C)(C)C)c1O. The number of esters is 2. The van der Waals surface area contributed by atoms with Crippen LogP contribution in [0.2, 0.25) is 0 Å². The first kappa shape index (κ1) is 42.8. The molecule has 0 aromatic heterocycles. The Morgan fingerprint density at radius 1 is 0.527 bits per heavy atom. The average Bonchev–Trinajstić information content (AvgIpc) is 3.12. The maximum absolute atomic E-state index is 12.4. The van der Waals surface area contributed by atoms with E-state index in [2.05, 4.69) is 55.4 Å². The summed E-state index contributed by atoms with van der Waals surface area (Å²) in [7, 11) is 0. The molecule has 0 amide bonds. The van der Waals surface area contributed by atoms with Crippen LogP contribution in [-0.4, -0.2) is 48.6 Å². The van der Waals surface area contributed by atoms with Crippen molar-refractivity contribution in [3.8, 4) is 23.0 Å². The summed E-state index contributed by atoms with van der Waals surface area (Å²) in [5, 5.41) is 20.9. The van der Waals surface area contributed by atoms with Gasteiger partial charge in [0.2, 0.25) is 0 Å². The zero-order chi connectivity index (χ0) is 40.6. The zero-order valence-corrected chi connectivity index (χ0v) is 34.4. The van der Waals surface area contributed by atoms with E-state index < -0.39 is 0 Å². The lowest BCUT2D eigenvalue weighted by molar-refractivity contribution is -0.145. The normalized spacial score (nSPS) is 12.0. The van der Waals surface area contributed by atoms with E-state index in [9.17, 15) is 19.8 Å². The summed E-state index contributed by atoms with van der Waals surface area (Å²) in [5.41, 5.74) is 6.91. The maximum Gasteiger partial charge on any atom is 0.306 e. The van der Waals surface area contributed by atoms with Crippen molar-refractivity contribution < 1.29 is 38.7 Å². The molecule has 0 radical (unpaired) electrons. The van der Waals surface area contributed by atoms with Crippen molar-refractivity contribution >= 4 is 11.9 Å². The molecule has 0 aliphatic heterocycles. The molecule has 4 aromatic rings. The second-order valence-electron chi connectivity index (χ2n) is 16.9. The number of hydrogen-bond acceptors (Lipinski definition) is 8. The van der Waals surface area contributed by atoms with Crippen molar-refractivity contribution in [3.05, 3.63) is 117 Å². The van der Waals surface area contributed by atoms with Crippen LogP contribution >= 0.6 is 0 Å². The Hall–Kier alpha value is -4.98. The molecular weight excluding hydrogens is 693 g/mol. The molecule has 296 valence electrons. The van der Waals surface area contributed by atoms with Crippen LogP contribution < -0.4 is 9.47 Å². The minimum absolute atomic E-state index is 0.157. The Balaban J connectivity index is 1.16. The van der Waals surface area contributed by atoms with E-state index in [1.807, 2.05) is 86.6 Å². The summed E-state index contributed by atoms with van der Waals surface area (Å²) in [6.07, 6.45) is 1.58. The van der Waals surface area contributed by atoms with Gasteiger partial charge in [-0.3, -0.25) is 9.59 Å². The molecule has 4 rings (SSSR count). The van der Waals surface area contributed by atoms with Crippen molar-refractivity contribution in [2.75, 3.05) is 26.4 Å². The quantitative estimate of drug-likeness (QED) is 0.0860. The Labute approximate surface area is 327 Å². The number of hydrogen-bond donors (Lipinski definition) is 2. The number of ether oxygens (including phenoxy) is 4. The van der Waals surface area contributed by atoms with Crippen LogP contribution in [0.15, 0.2) is 72.8 Å². The molecule has 8 nitrogen and oxygen atoms in total. The predicted octanol–water partition coefficient (Wildman–Crippen LogP) is 9.75. The molecule has 0 fully saturated rings. The first-order chi connectivity index (χ1) is 25.8. The van der Waals surface area contributed by atoms with Gasteiger partial charge in [-0.05, 0) is 106 Å². The average molecular weight is 753 g/mol. The fraction of sp³-hybridized carbons (Fsp3) is 0.447. The third-order valence-corrected chi connectivity index (χ3v) is 9.95. The summed E-state index contributed by atoms with van der Waals surface area (Å²) in [6.45, 7) is 21.2. The second-order valence-corrected chi connectivity index (χ2v) is 16.9. The number of carbonyl (C=O) groups excluding carboxylic acids is 2. The van der Waals surface area contributed by atoms with E-state index in [0.717, 1.165) is 44.5 Å². The molecule has 0 aliphatic carbocycles. The van der Waals surface area contributed by atoms with Gasteiger partial charge in [-0.1, -0.05) is 104 Å². The number of aryl methyl sites for hydroxylation is 4. The van der Waals surface area contributed by atoms with Crippen LogP contribution in [0.3, 0.4) is 0 Å². The molecular formula is C47H60O8. The first-order valence-electron chi connectivity index (χ1n) is 19.2. The van der Waals surface area contributed by atoms with Gasteiger partial charge in [-0.15, -0.1) is 0 Å². The lowest BCUT2D eigenvalue weighted by Crippen LogP contribution is -2.19. The van der Waals surface area contributed by atoms with E-state index in [1.54, 1.807) is 0 Å². The van der Waals surface area contributed by atoms with Crippen LogP contribution in [-0.2, 0) is 48.1 Å². The van der Waals surface area contributed by atoms with Crippen LogP contribution in [0.4, 0.5) is 0 Å². The Morgan fingerprint density at radius 2 is 0.873 bits per heavy atom. The molecule has 0 heterocycles. The van der Waals surface area contributed by atoms with E-state index in [4.69, 9.17) is 18.9 Å². The minimum Gasteiger partial charge on any atom is -0.507 e. The highest BCUT2D eigenvalue weighted by Crippen LogP contribution is 2.36. The molecule has 0 bridgehead atoms. The van der Waals surface area contributed by atoms with Gasteiger partial charge in [-0.25, -0.2) is 0 Å². The third kappa shape index (κ3) is 12.0. The molecule has 4 aromatic carbocycles. The molecule has 0 saturated heterocycles. The van der Waals surface area contributed by atoms with Crippen LogP contribution in [0.5, 0.6) is 23.0 Å². The van der Waals surface area contributed by atoms with E-state index >= 15 is 0 Å². The minimum atomic E-state index is -0.286. The maximum atomic E-state index is 12.4. The molecule has 0 aliphatic rings. The van der Waals surface area contributed by atoms with E-state index in [1.165, 1.54) is 0 Å². The van der Waals surface area contributed by atoms with Crippen molar-refractivity contribution in [1.29, 1.82) is 0 Å². The number of benzene rings is 4. The van der Waals surface area contributed by atoms with Gasteiger partial charge >= 0.3 is 11.9 Å². The lowest BCUT2D eigenvalue weighted by atomic mass is 9.78. The molecule has 0 unspecified atom stereocenters. The van der Waals surface area contributed by atoms with Gasteiger partial charge in [-0.2, -0.15) is 0 Å². The lowest BCUT2D eigenvalue weighted by Gasteiger charge is -2.26. The summed E-state index contributed by atoms with van der Waals surface area (Å²) in [4.78, 5) is 24.8. The molecule has 2 N–H and O–H groups in total. The topological polar surface area (TPSA) is 112 Å². The van der Waals surface area contributed by atoms with Crippen LogP contribution in [0.25, 0.3) is 0 Å². The highest BCUT2D eigenvalue weighted by molar-refractivity contribution is 5.70. The largest absolute Gasteiger partial charge is 0.507 e. The van der Waals surface area contributed by atoms with Gasteiger partial charge in [0.15, 0.2) is 0 Å². The number of rotatable bonds is 16. The summed E-state index contributed by atoms with van der Waals surface area (Å²) < 4.78 is 22.5. The zero-order valence-electron chi connectivity index (χ0n) is 34.4. The highest BCUT2D eigenvalue weighted by Gasteiger charge is 2.24. The van der Waals surface area contributed by atoms with Gasteiger partial charge in [0.25, 0.3) is 0 Å². The monoisotopic (exact) mass is 752 g/mol. The van der Waals surface area contributed by atoms with Gasteiger partial charge in [0, 0.05) is 18.3 Å². The number of carbonyl (C=O) groups is 2. The molecule has 0 saturated carbocycles. The van der Waals surface area contributed by atoms with E-state index in [-0.39, 0.29) is 67.5 Å². The third-order valence-electron chi connectivity index (χ3n) is 9.95. The molecule has 55 heavy (non-hydrogen) atoms. The molecule has 0 atom stereocenters. The van der Waals surface area contributed by atoms with Crippen LogP contribution in [0.1, 0.15) is 113 Å². The number of aromatic hydroxyl groups is 2. The fourth-order valence-corrected chi connectivity index (χ4v) is 6.51. The number of phenolic OH excluding ortho intramolecular Hbond substituents is 2. The Kier molecular flexibility index (Phi) is 14.1. The van der Waals surface area contributed by atoms with Gasteiger partial charge in [0.05, 0.1) is 0 Å². The first-order valence-corrected chi connectivity index (χ1v) is 19.2. The van der Waals surface area contributed by atoms with Gasteiger partial charge in [0.1, 0.15) is 49.4 Å². The molecule has 0 spiro atoms. The summed E-state index contributed by atoms with van der Waals surface area (Å²) in [6, 6.07) is 23.6. The van der Waals surface area contributed by atoms with Gasteiger partial charge < -0.3 is 29.2 Å². The Bertz CT molecular complexity index is 1770. The van der Waals surface area contributed by atoms with Crippen molar-refractivity contribution in [2.45, 2.75) is 111 Å². The number of phenols is 2.